The van der Waals surface area contributed by atoms with Crippen molar-refractivity contribution < 1.29 is 0 Å². The van der Waals surface area contributed by atoms with Gasteiger partial charge in [-0.15, -0.1) is 0 Å². The van der Waals surface area contributed by atoms with E-state index in [0.29, 0.717) is 22.7 Å². The molecule has 0 N–H and O–H groups in total. The first-order valence-electron chi connectivity index (χ1n) is 9.78. The highest BCUT2D eigenvalue weighted by atomic mass is 14.4. The molecule has 2 aromatic carbocycles. The van der Waals surface area contributed by atoms with E-state index >= 15 is 0 Å². The molecule has 0 aliphatic carbocycles. The van der Waals surface area contributed by atoms with Gasteiger partial charge >= 0.3 is 0 Å². The SMILES string of the molecule is CC(CC(C)(C)CC(C)(C)CC(C)c1ccccc1)c1ccccc1. The van der Waals surface area contributed by atoms with Gasteiger partial charge in [-0.25, -0.2) is 0 Å². The van der Waals surface area contributed by atoms with Gasteiger partial charge in [-0.2, -0.15) is 0 Å². The Bertz CT molecular complexity index is 564. The van der Waals surface area contributed by atoms with Crippen molar-refractivity contribution in [2.75, 3.05) is 0 Å². The lowest BCUT2D eigenvalue weighted by molar-refractivity contribution is 0.157. The monoisotopic (exact) mass is 336 g/mol. The average molecular weight is 337 g/mol. The Morgan fingerprint density at radius 1 is 0.600 bits per heavy atom. The van der Waals surface area contributed by atoms with E-state index in [1.807, 2.05) is 0 Å². The van der Waals surface area contributed by atoms with Crippen LogP contribution in [-0.2, 0) is 0 Å². The molecule has 2 unspecified atom stereocenters. The van der Waals surface area contributed by atoms with Gasteiger partial charge in [0.1, 0.15) is 0 Å². The lowest BCUT2D eigenvalue weighted by Gasteiger charge is -2.38. The molecule has 0 bridgehead atoms. The van der Waals surface area contributed by atoms with Gasteiger partial charge < -0.3 is 0 Å². The van der Waals surface area contributed by atoms with Crippen LogP contribution < -0.4 is 0 Å². The summed E-state index contributed by atoms with van der Waals surface area (Å²) in [4.78, 5) is 0. The van der Waals surface area contributed by atoms with E-state index in [2.05, 4.69) is 102 Å². The highest BCUT2D eigenvalue weighted by molar-refractivity contribution is 5.20. The molecule has 136 valence electrons. The summed E-state index contributed by atoms with van der Waals surface area (Å²) in [5.74, 6) is 1.22. The van der Waals surface area contributed by atoms with Gasteiger partial charge in [0.25, 0.3) is 0 Å². The zero-order valence-electron chi connectivity index (χ0n) is 17.0. The van der Waals surface area contributed by atoms with Crippen LogP contribution in [0.3, 0.4) is 0 Å². The number of rotatable bonds is 8. The number of hydrogen-bond donors (Lipinski definition) is 0. The molecule has 2 rings (SSSR count). The fraction of sp³-hybridized carbons (Fsp3) is 0.520. The van der Waals surface area contributed by atoms with E-state index in [-0.39, 0.29) is 0 Å². The normalized spacial score (nSPS) is 15.0. The second-order valence-corrected chi connectivity index (χ2v) is 9.54. The van der Waals surface area contributed by atoms with Crippen molar-refractivity contribution in [2.24, 2.45) is 10.8 Å². The van der Waals surface area contributed by atoms with Crippen LogP contribution in [0, 0.1) is 10.8 Å². The molecule has 2 atom stereocenters. The van der Waals surface area contributed by atoms with E-state index in [0.717, 1.165) is 0 Å². The molecule has 0 spiro atoms. The minimum Gasteiger partial charge on any atom is -0.0622 e. The van der Waals surface area contributed by atoms with Crippen LogP contribution in [0.5, 0.6) is 0 Å². The van der Waals surface area contributed by atoms with Gasteiger partial charge in [0.05, 0.1) is 0 Å². The highest BCUT2D eigenvalue weighted by Crippen LogP contribution is 2.44. The smallest absolute Gasteiger partial charge is 0.0185 e. The molecule has 0 fully saturated rings. The second-order valence-electron chi connectivity index (χ2n) is 9.54. The summed E-state index contributed by atoms with van der Waals surface area (Å²) in [7, 11) is 0. The van der Waals surface area contributed by atoms with E-state index in [4.69, 9.17) is 0 Å². The molecule has 0 aliphatic heterocycles. The Morgan fingerprint density at radius 2 is 0.920 bits per heavy atom. The minimum absolute atomic E-state index is 0.342. The van der Waals surface area contributed by atoms with Crippen molar-refractivity contribution >= 4 is 0 Å². The molecule has 0 saturated carbocycles. The molecule has 0 aromatic heterocycles. The molecular weight excluding hydrogens is 300 g/mol. The molecule has 2 aromatic rings. The molecule has 0 aliphatic rings. The van der Waals surface area contributed by atoms with E-state index in [1.54, 1.807) is 0 Å². The maximum absolute atomic E-state index is 2.45. The van der Waals surface area contributed by atoms with Crippen molar-refractivity contribution in [3.8, 4) is 0 Å². The van der Waals surface area contributed by atoms with Gasteiger partial charge in [-0.1, -0.05) is 102 Å². The summed E-state index contributed by atoms with van der Waals surface area (Å²) in [5, 5.41) is 0. The Labute approximate surface area is 155 Å². The molecular formula is C25H36. The predicted molar refractivity (Wildman–Crippen MR) is 111 cm³/mol. The predicted octanol–water partition coefficient (Wildman–Crippen LogP) is 7.82. The third kappa shape index (κ3) is 6.34. The largest absolute Gasteiger partial charge is 0.0622 e. The van der Waals surface area contributed by atoms with Crippen molar-refractivity contribution in [2.45, 2.75) is 72.6 Å². The Hall–Kier alpha value is -1.56. The topological polar surface area (TPSA) is 0 Å². The third-order valence-corrected chi connectivity index (χ3v) is 5.41. The Kier molecular flexibility index (Phi) is 6.49. The van der Waals surface area contributed by atoms with Gasteiger partial charge in [-0.3, -0.25) is 0 Å². The second kappa shape index (κ2) is 8.21. The van der Waals surface area contributed by atoms with E-state index in [9.17, 15) is 0 Å². The Balaban J connectivity index is 1.97. The van der Waals surface area contributed by atoms with Crippen molar-refractivity contribution in [3.05, 3.63) is 71.8 Å². The lowest BCUT2D eigenvalue weighted by Crippen LogP contribution is -2.26. The standard InChI is InChI=1S/C25H36/c1-20(22-13-9-7-10-14-22)17-24(3,4)19-25(5,6)18-21(2)23-15-11-8-12-16-23/h7-16,20-21H,17-19H2,1-6H3. The zero-order chi connectivity index (χ0) is 18.5. The van der Waals surface area contributed by atoms with Crippen LogP contribution in [0.15, 0.2) is 60.7 Å². The summed E-state index contributed by atoms with van der Waals surface area (Å²) in [6.07, 6.45) is 3.73. The minimum atomic E-state index is 0.342. The molecule has 0 radical (unpaired) electrons. The van der Waals surface area contributed by atoms with Gasteiger partial charge in [0, 0.05) is 0 Å². The third-order valence-electron chi connectivity index (χ3n) is 5.41. The van der Waals surface area contributed by atoms with Crippen LogP contribution in [-0.4, -0.2) is 0 Å². The molecule has 0 heteroatoms. The van der Waals surface area contributed by atoms with Crippen molar-refractivity contribution in [3.63, 3.8) is 0 Å². The average Bonchev–Trinajstić information content (AvgIpc) is 2.54. The van der Waals surface area contributed by atoms with E-state index in [1.165, 1.54) is 30.4 Å². The molecule has 25 heavy (non-hydrogen) atoms. The quantitative estimate of drug-likeness (QED) is 0.461. The van der Waals surface area contributed by atoms with E-state index < -0.39 is 0 Å². The zero-order valence-corrected chi connectivity index (χ0v) is 17.0. The first-order chi connectivity index (χ1) is 11.7. The Morgan fingerprint density at radius 3 is 1.24 bits per heavy atom. The van der Waals surface area contributed by atoms with Gasteiger partial charge in [0.2, 0.25) is 0 Å². The van der Waals surface area contributed by atoms with Crippen LogP contribution in [0.4, 0.5) is 0 Å². The van der Waals surface area contributed by atoms with Crippen LogP contribution in [0.25, 0.3) is 0 Å². The fourth-order valence-electron chi connectivity index (χ4n) is 4.90. The number of benzene rings is 2. The van der Waals surface area contributed by atoms with Gasteiger partial charge in [0.15, 0.2) is 0 Å². The molecule has 0 amide bonds. The molecule has 0 heterocycles. The first-order valence-corrected chi connectivity index (χ1v) is 9.78. The molecule has 0 saturated heterocycles. The van der Waals surface area contributed by atoms with Crippen LogP contribution in [0.1, 0.15) is 83.8 Å². The first kappa shape index (κ1) is 19.8. The maximum atomic E-state index is 2.45. The number of hydrogen-bond acceptors (Lipinski definition) is 0. The summed E-state index contributed by atoms with van der Waals surface area (Å²) in [5.41, 5.74) is 3.61. The summed E-state index contributed by atoms with van der Waals surface area (Å²) >= 11 is 0. The van der Waals surface area contributed by atoms with Crippen molar-refractivity contribution in [1.82, 2.24) is 0 Å². The highest BCUT2D eigenvalue weighted by Gasteiger charge is 2.31. The van der Waals surface area contributed by atoms with Crippen LogP contribution >= 0.6 is 0 Å². The van der Waals surface area contributed by atoms with Crippen LogP contribution in [0.2, 0.25) is 0 Å². The summed E-state index contributed by atoms with van der Waals surface area (Å²) in [6, 6.07) is 21.9. The fourth-order valence-corrected chi connectivity index (χ4v) is 4.90. The lowest BCUT2D eigenvalue weighted by atomic mass is 9.67. The summed E-state index contributed by atoms with van der Waals surface area (Å²) in [6.45, 7) is 14.5. The molecule has 0 nitrogen and oxygen atoms in total. The maximum Gasteiger partial charge on any atom is -0.0185 e. The summed E-state index contributed by atoms with van der Waals surface area (Å²) < 4.78 is 0. The van der Waals surface area contributed by atoms with Crippen molar-refractivity contribution in [1.29, 1.82) is 0 Å². The van der Waals surface area contributed by atoms with Gasteiger partial charge in [-0.05, 0) is 53.1 Å².